The van der Waals surface area contributed by atoms with Crippen molar-refractivity contribution in [1.29, 1.82) is 0 Å². The minimum Gasteiger partial charge on any atom is -0.337 e. The molecule has 0 saturated carbocycles. The Kier molecular flexibility index (Phi) is 5.48. The van der Waals surface area contributed by atoms with E-state index in [1.165, 1.54) is 11.0 Å². The zero-order chi connectivity index (χ0) is 21.5. The zero-order valence-electron chi connectivity index (χ0n) is 16.9. The predicted molar refractivity (Wildman–Crippen MR) is 108 cm³/mol. The summed E-state index contributed by atoms with van der Waals surface area (Å²) < 4.78 is 25.4. The van der Waals surface area contributed by atoms with Gasteiger partial charge in [0, 0.05) is 42.0 Å². The van der Waals surface area contributed by atoms with Crippen LogP contribution in [0.5, 0.6) is 0 Å². The molecule has 1 aromatic heterocycles. The van der Waals surface area contributed by atoms with Crippen molar-refractivity contribution in [3.63, 3.8) is 0 Å². The van der Waals surface area contributed by atoms with E-state index in [4.69, 9.17) is 0 Å². The molecule has 0 unspecified atom stereocenters. The maximum atomic E-state index is 12.8. The molecule has 1 atom stereocenters. The second kappa shape index (κ2) is 7.58. The van der Waals surface area contributed by atoms with E-state index >= 15 is 0 Å². The Bertz CT molecular complexity index is 1090. The third kappa shape index (κ3) is 4.16. The van der Waals surface area contributed by atoms with E-state index in [2.05, 4.69) is 5.10 Å². The van der Waals surface area contributed by atoms with E-state index in [0.717, 1.165) is 17.0 Å². The molecule has 0 spiro atoms. The van der Waals surface area contributed by atoms with Crippen molar-refractivity contribution in [2.24, 2.45) is 0 Å². The highest BCUT2D eigenvalue weighted by Crippen LogP contribution is 2.27. The molecule has 10 heteroatoms. The number of sulfone groups is 1. The van der Waals surface area contributed by atoms with Gasteiger partial charge in [-0.25, -0.2) is 8.42 Å². The lowest BCUT2D eigenvalue weighted by Crippen LogP contribution is -2.27. The number of carbonyl (C=O) groups is 1. The number of hydrogen-bond acceptors (Lipinski definition) is 6. The van der Waals surface area contributed by atoms with Gasteiger partial charge in [-0.15, -0.1) is 0 Å². The van der Waals surface area contributed by atoms with Gasteiger partial charge >= 0.3 is 0 Å². The normalized spacial score (nSPS) is 18.0. The average Bonchev–Trinajstić information content (AvgIpc) is 3.14. The molecule has 0 bridgehead atoms. The fourth-order valence-corrected chi connectivity index (χ4v) is 5.41. The minimum atomic E-state index is -3.03. The number of hydrogen-bond donors (Lipinski definition) is 0. The van der Waals surface area contributed by atoms with Gasteiger partial charge in [0.15, 0.2) is 9.84 Å². The van der Waals surface area contributed by atoms with Gasteiger partial charge in [0.1, 0.15) is 0 Å². The zero-order valence-corrected chi connectivity index (χ0v) is 17.7. The number of nitro benzene ring substituents is 1. The summed E-state index contributed by atoms with van der Waals surface area (Å²) >= 11 is 0. The summed E-state index contributed by atoms with van der Waals surface area (Å²) in [5, 5.41) is 15.7. The van der Waals surface area contributed by atoms with Crippen LogP contribution in [-0.2, 0) is 16.4 Å². The number of benzene rings is 1. The topological polar surface area (TPSA) is 115 Å². The highest BCUT2D eigenvalue weighted by molar-refractivity contribution is 7.91. The van der Waals surface area contributed by atoms with Gasteiger partial charge in [0.25, 0.3) is 11.6 Å². The SMILES string of the molecule is Cc1ccc(C(=O)N(C)Cc2c(C)nn([C@H]3CCS(=O)(=O)C3)c2C)cc1[N+](=O)[O-]. The van der Waals surface area contributed by atoms with Gasteiger partial charge in [0.2, 0.25) is 0 Å². The Morgan fingerprint density at radius 2 is 2.03 bits per heavy atom. The van der Waals surface area contributed by atoms with E-state index in [9.17, 15) is 23.3 Å². The minimum absolute atomic E-state index is 0.0796. The molecule has 9 nitrogen and oxygen atoms in total. The first kappa shape index (κ1) is 21.0. The van der Waals surface area contributed by atoms with Crippen LogP contribution in [0, 0.1) is 30.9 Å². The summed E-state index contributed by atoms with van der Waals surface area (Å²) in [5.41, 5.74) is 3.07. The molecule has 29 heavy (non-hydrogen) atoms. The van der Waals surface area contributed by atoms with Crippen LogP contribution in [0.25, 0.3) is 0 Å². The van der Waals surface area contributed by atoms with Crippen LogP contribution in [0.15, 0.2) is 18.2 Å². The first-order valence-electron chi connectivity index (χ1n) is 9.25. The van der Waals surface area contributed by atoms with Crippen LogP contribution in [0.3, 0.4) is 0 Å². The quantitative estimate of drug-likeness (QED) is 0.542. The van der Waals surface area contributed by atoms with Gasteiger partial charge in [0.05, 0.1) is 28.2 Å². The molecule has 1 aromatic carbocycles. The van der Waals surface area contributed by atoms with Gasteiger partial charge < -0.3 is 4.90 Å². The molecular formula is C19H24N4O5S. The van der Waals surface area contributed by atoms with Crippen molar-refractivity contribution in [3.8, 4) is 0 Å². The van der Waals surface area contributed by atoms with E-state index in [1.807, 2.05) is 13.8 Å². The number of nitrogens with zero attached hydrogens (tertiary/aromatic N) is 4. The summed E-state index contributed by atoms with van der Waals surface area (Å²) in [5.74, 6) is -0.0883. The number of rotatable bonds is 5. The monoisotopic (exact) mass is 420 g/mol. The summed E-state index contributed by atoms with van der Waals surface area (Å²) in [7, 11) is -1.40. The number of amides is 1. The molecule has 156 valence electrons. The number of nitro groups is 1. The van der Waals surface area contributed by atoms with Crippen molar-refractivity contribution >= 4 is 21.4 Å². The molecule has 0 radical (unpaired) electrons. The molecule has 3 rings (SSSR count). The van der Waals surface area contributed by atoms with Crippen LogP contribution in [0.1, 0.15) is 45.3 Å². The Balaban J connectivity index is 1.82. The first-order chi connectivity index (χ1) is 13.5. The van der Waals surface area contributed by atoms with Gasteiger partial charge in [-0.05, 0) is 33.3 Å². The Labute approximate surface area is 169 Å². The van der Waals surface area contributed by atoms with Gasteiger partial charge in [-0.2, -0.15) is 5.10 Å². The third-order valence-corrected chi connectivity index (χ3v) is 7.17. The van der Waals surface area contributed by atoms with Crippen LogP contribution < -0.4 is 0 Å². The summed E-state index contributed by atoms with van der Waals surface area (Å²) in [4.78, 5) is 24.9. The van der Waals surface area contributed by atoms with E-state index in [-0.39, 0.29) is 41.3 Å². The van der Waals surface area contributed by atoms with Crippen LogP contribution >= 0.6 is 0 Å². The van der Waals surface area contributed by atoms with Crippen LogP contribution in [0.2, 0.25) is 0 Å². The predicted octanol–water partition coefficient (Wildman–Crippen LogP) is 2.35. The van der Waals surface area contributed by atoms with Gasteiger partial charge in [-0.1, -0.05) is 6.07 Å². The molecule has 2 aromatic rings. The highest BCUT2D eigenvalue weighted by Gasteiger charge is 2.31. The summed E-state index contributed by atoms with van der Waals surface area (Å²) in [6, 6.07) is 4.25. The molecule has 2 heterocycles. The van der Waals surface area contributed by atoms with Crippen molar-refractivity contribution in [3.05, 3.63) is 56.4 Å². The van der Waals surface area contributed by atoms with Crippen molar-refractivity contribution in [2.75, 3.05) is 18.6 Å². The fraction of sp³-hybridized carbons (Fsp3) is 0.474. The van der Waals surface area contributed by atoms with E-state index < -0.39 is 14.8 Å². The number of carbonyl (C=O) groups excluding carboxylic acids is 1. The lowest BCUT2D eigenvalue weighted by Gasteiger charge is -2.18. The first-order valence-corrected chi connectivity index (χ1v) is 11.1. The maximum Gasteiger partial charge on any atom is 0.273 e. The maximum absolute atomic E-state index is 12.8. The largest absolute Gasteiger partial charge is 0.337 e. The molecule has 0 aliphatic carbocycles. The molecule has 1 aliphatic heterocycles. The molecule has 1 aliphatic rings. The second-order valence-corrected chi connectivity index (χ2v) is 9.80. The Morgan fingerprint density at radius 3 is 2.62 bits per heavy atom. The van der Waals surface area contributed by atoms with Crippen LogP contribution in [0.4, 0.5) is 5.69 Å². The van der Waals surface area contributed by atoms with Crippen molar-refractivity contribution in [1.82, 2.24) is 14.7 Å². The third-order valence-electron chi connectivity index (χ3n) is 5.42. The molecule has 0 N–H and O–H groups in total. The second-order valence-electron chi connectivity index (χ2n) is 7.57. The van der Waals surface area contributed by atoms with Crippen molar-refractivity contribution < 1.29 is 18.1 Å². The lowest BCUT2D eigenvalue weighted by atomic mass is 10.1. The highest BCUT2D eigenvalue weighted by atomic mass is 32.2. The number of aromatic nitrogens is 2. The van der Waals surface area contributed by atoms with Crippen molar-refractivity contribution in [2.45, 2.75) is 39.8 Å². The fourth-order valence-electron chi connectivity index (χ4n) is 3.72. The van der Waals surface area contributed by atoms with E-state index in [1.54, 1.807) is 30.8 Å². The van der Waals surface area contributed by atoms with Gasteiger partial charge in [-0.3, -0.25) is 19.6 Å². The summed E-state index contributed by atoms with van der Waals surface area (Å²) in [6.07, 6.45) is 0.533. The summed E-state index contributed by atoms with van der Waals surface area (Å²) in [6.45, 7) is 5.60. The van der Waals surface area contributed by atoms with E-state index in [0.29, 0.717) is 12.0 Å². The van der Waals surface area contributed by atoms with Crippen LogP contribution in [-0.4, -0.2) is 52.5 Å². The standard InChI is InChI=1S/C19H24N4O5S/c1-12-5-6-15(9-18(12)23(25)26)19(24)21(4)10-17-13(2)20-22(14(17)3)16-7-8-29(27,28)11-16/h5-6,9,16H,7-8,10-11H2,1-4H3/t16-/m0/s1. The lowest BCUT2D eigenvalue weighted by molar-refractivity contribution is -0.385. The molecule has 1 amide bonds. The smallest absolute Gasteiger partial charge is 0.273 e. The Morgan fingerprint density at radius 1 is 1.34 bits per heavy atom. The molecular weight excluding hydrogens is 396 g/mol. The average molecular weight is 420 g/mol. The number of aryl methyl sites for hydroxylation is 2. The molecule has 1 fully saturated rings. The Hall–Kier alpha value is -2.75. The molecule has 1 saturated heterocycles.